The molecule has 0 atom stereocenters. The molecule has 0 spiro atoms. The number of carboxylic acids is 1. The minimum absolute atomic E-state index is 0.0959. The quantitative estimate of drug-likeness (QED) is 0.121. The first-order chi connectivity index (χ1) is 16.1. The van der Waals surface area contributed by atoms with Gasteiger partial charge in [-0.2, -0.15) is 0 Å². The standard InChI is InChI=1S/C26H49N3O4/c1-2-3-4-5-6-7-8-9-10-11-12-13-14-15-16-17-24(30)28-22-20-27-21-23-29-25(31)18-19-26(32)33/h18-19,27H,2-17,20-23H2,1H3,(H,28,30)(H,29,31)(H,32,33). The van der Waals surface area contributed by atoms with Crippen LogP contribution in [0.15, 0.2) is 12.2 Å². The molecule has 0 aliphatic heterocycles. The highest BCUT2D eigenvalue weighted by Crippen LogP contribution is 2.13. The molecular formula is C26H49N3O4. The zero-order valence-corrected chi connectivity index (χ0v) is 21.0. The third-order valence-electron chi connectivity index (χ3n) is 5.61. The highest BCUT2D eigenvalue weighted by atomic mass is 16.4. The van der Waals surface area contributed by atoms with E-state index in [1.165, 1.54) is 83.5 Å². The molecule has 0 rings (SSSR count). The van der Waals surface area contributed by atoms with Crippen molar-refractivity contribution >= 4 is 17.8 Å². The van der Waals surface area contributed by atoms with Crippen LogP contribution in [0, 0.1) is 0 Å². The molecule has 0 aromatic heterocycles. The van der Waals surface area contributed by atoms with E-state index in [-0.39, 0.29) is 5.91 Å². The molecule has 0 radical (unpaired) electrons. The Morgan fingerprint density at radius 1 is 0.606 bits per heavy atom. The number of unbranched alkanes of at least 4 members (excludes halogenated alkanes) is 14. The van der Waals surface area contributed by atoms with Crippen LogP contribution in [0.5, 0.6) is 0 Å². The van der Waals surface area contributed by atoms with Crippen molar-refractivity contribution in [3.8, 4) is 0 Å². The number of rotatable bonds is 24. The third kappa shape index (κ3) is 26.2. The number of carbonyl (C=O) groups excluding carboxylic acids is 2. The number of hydrogen-bond donors (Lipinski definition) is 4. The number of carboxylic acid groups (broad SMARTS) is 1. The first kappa shape index (κ1) is 31.1. The van der Waals surface area contributed by atoms with Crippen LogP contribution in [0.4, 0.5) is 0 Å². The van der Waals surface area contributed by atoms with Crippen LogP contribution in [0.25, 0.3) is 0 Å². The van der Waals surface area contributed by atoms with E-state index in [2.05, 4.69) is 22.9 Å². The second-order valence-electron chi connectivity index (χ2n) is 8.76. The molecule has 0 aliphatic carbocycles. The van der Waals surface area contributed by atoms with Crippen molar-refractivity contribution in [2.45, 2.75) is 110 Å². The molecule has 33 heavy (non-hydrogen) atoms. The summed E-state index contributed by atoms with van der Waals surface area (Å²) in [6, 6.07) is 0. The second kappa shape index (κ2) is 24.7. The first-order valence-electron chi connectivity index (χ1n) is 13.2. The van der Waals surface area contributed by atoms with Crippen molar-refractivity contribution < 1.29 is 19.5 Å². The summed E-state index contributed by atoms with van der Waals surface area (Å²) in [4.78, 5) is 33.4. The van der Waals surface area contributed by atoms with Crippen molar-refractivity contribution in [2.24, 2.45) is 0 Å². The Morgan fingerprint density at radius 2 is 1.06 bits per heavy atom. The molecule has 0 fully saturated rings. The average Bonchev–Trinajstić information content (AvgIpc) is 2.79. The van der Waals surface area contributed by atoms with Gasteiger partial charge in [0.2, 0.25) is 11.8 Å². The van der Waals surface area contributed by atoms with Crippen LogP contribution in [0.2, 0.25) is 0 Å². The fourth-order valence-corrected chi connectivity index (χ4v) is 3.64. The van der Waals surface area contributed by atoms with Crippen LogP contribution in [0.1, 0.15) is 110 Å². The maximum atomic E-state index is 11.8. The van der Waals surface area contributed by atoms with Gasteiger partial charge in [0.05, 0.1) is 0 Å². The molecule has 2 amide bonds. The molecule has 0 heterocycles. The number of aliphatic carboxylic acids is 1. The topological polar surface area (TPSA) is 108 Å². The number of hydrogen-bond acceptors (Lipinski definition) is 4. The van der Waals surface area contributed by atoms with Gasteiger partial charge < -0.3 is 21.1 Å². The van der Waals surface area contributed by atoms with Gasteiger partial charge in [0, 0.05) is 44.8 Å². The SMILES string of the molecule is CCCCCCCCCCCCCCCCCC(=O)NCCNCCNC(=O)C=CC(=O)O. The second-order valence-corrected chi connectivity index (χ2v) is 8.76. The fourth-order valence-electron chi connectivity index (χ4n) is 3.64. The first-order valence-corrected chi connectivity index (χ1v) is 13.2. The summed E-state index contributed by atoms with van der Waals surface area (Å²) in [5, 5.41) is 17.0. The molecule has 7 heteroatoms. The van der Waals surface area contributed by atoms with E-state index in [0.29, 0.717) is 32.6 Å². The van der Waals surface area contributed by atoms with Crippen LogP contribution in [-0.2, 0) is 14.4 Å². The monoisotopic (exact) mass is 467 g/mol. The van der Waals surface area contributed by atoms with Gasteiger partial charge in [0.1, 0.15) is 0 Å². The van der Waals surface area contributed by atoms with Gasteiger partial charge in [0.15, 0.2) is 0 Å². The van der Waals surface area contributed by atoms with Gasteiger partial charge in [-0.1, -0.05) is 96.8 Å². The Kier molecular flexibility index (Phi) is 23.3. The summed E-state index contributed by atoms with van der Waals surface area (Å²) < 4.78 is 0. The molecule has 0 unspecified atom stereocenters. The van der Waals surface area contributed by atoms with Crippen LogP contribution in [0.3, 0.4) is 0 Å². The lowest BCUT2D eigenvalue weighted by Gasteiger charge is -2.07. The maximum Gasteiger partial charge on any atom is 0.328 e. The van der Waals surface area contributed by atoms with Crippen molar-refractivity contribution in [2.75, 3.05) is 26.2 Å². The molecule has 0 aromatic rings. The molecule has 0 saturated carbocycles. The number of carbonyl (C=O) groups is 3. The van der Waals surface area contributed by atoms with Gasteiger partial charge in [0.25, 0.3) is 0 Å². The Morgan fingerprint density at radius 3 is 1.55 bits per heavy atom. The van der Waals surface area contributed by atoms with Crippen molar-refractivity contribution in [1.29, 1.82) is 0 Å². The molecule has 0 aliphatic rings. The summed E-state index contributed by atoms with van der Waals surface area (Å²) in [5.74, 6) is -1.49. The molecule has 0 bridgehead atoms. The third-order valence-corrected chi connectivity index (χ3v) is 5.61. The predicted octanol–water partition coefficient (Wildman–Crippen LogP) is 4.71. The van der Waals surface area contributed by atoms with E-state index in [9.17, 15) is 14.4 Å². The van der Waals surface area contributed by atoms with E-state index in [0.717, 1.165) is 25.0 Å². The maximum absolute atomic E-state index is 11.8. The van der Waals surface area contributed by atoms with Crippen LogP contribution < -0.4 is 16.0 Å². The van der Waals surface area contributed by atoms with E-state index in [1.807, 2.05) is 0 Å². The van der Waals surface area contributed by atoms with E-state index < -0.39 is 11.9 Å². The van der Waals surface area contributed by atoms with Crippen molar-refractivity contribution in [3.63, 3.8) is 0 Å². The Balaban J connectivity index is 3.26. The minimum atomic E-state index is -1.15. The Hall–Kier alpha value is -1.89. The number of nitrogens with one attached hydrogen (secondary N) is 3. The van der Waals surface area contributed by atoms with Gasteiger partial charge >= 0.3 is 5.97 Å². The molecule has 7 nitrogen and oxygen atoms in total. The van der Waals surface area contributed by atoms with Gasteiger partial charge in [-0.25, -0.2) is 4.79 Å². The lowest BCUT2D eigenvalue weighted by molar-refractivity contribution is -0.131. The van der Waals surface area contributed by atoms with Crippen molar-refractivity contribution in [1.82, 2.24) is 16.0 Å². The summed E-state index contributed by atoms with van der Waals surface area (Å²) in [6.07, 6.45) is 22.2. The van der Waals surface area contributed by atoms with Crippen molar-refractivity contribution in [3.05, 3.63) is 12.2 Å². The largest absolute Gasteiger partial charge is 0.478 e. The zero-order chi connectivity index (χ0) is 24.4. The van der Waals surface area contributed by atoms with E-state index >= 15 is 0 Å². The summed E-state index contributed by atoms with van der Waals surface area (Å²) in [6.45, 7) is 4.41. The molecular weight excluding hydrogens is 418 g/mol. The minimum Gasteiger partial charge on any atom is -0.478 e. The van der Waals surface area contributed by atoms with Crippen LogP contribution >= 0.6 is 0 Å². The Bertz CT molecular complexity index is 524. The van der Waals surface area contributed by atoms with Gasteiger partial charge in [-0.15, -0.1) is 0 Å². The Labute approximate surface area is 201 Å². The average molecular weight is 468 g/mol. The summed E-state index contributed by atoms with van der Waals surface area (Å²) >= 11 is 0. The highest BCUT2D eigenvalue weighted by molar-refractivity contribution is 5.93. The number of amides is 2. The summed E-state index contributed by atoms with van der Waals surface area (Å²) in [5.41, 5.74) is 0. The highest BCUT2D eigenvalue weighted by Gasteiger charge is 2.01. The molecule has 0 saturated heterocycles. The predicted molar refractivity (Wildman–Crippen MR) is 135 cm³/mol. The van der Waals surface area contributed by atoms with E-state index in [1.54, 1.807) is 0 Å². The smallest absolute Gasteiger partial charge is 0.328 e. The lowest BCUT2D eigenvalue weighted by atomic mass is 10.0. The van der Waals surface area contributed by atoms with E-state index in [4.69, 9.17) is 5.11 Å². The molecule has 0 aromatic carbocycles. The molecule has 192 valence electrons. The normalized spacial score (nSPS) is 11.1. The lowest BCUT2D eigenvalue weighted by Crippen LogP contribution is -2.36. The zero-order valence-electron chi connectivity index (χ0n) is 21.0. The summed E-state index contributed by atoms with van der Waals surface area (Å²) in [7, 11) is 0. The van der Waals surface area contributed by atoms with Gasteiger partial charge in [-0.05, 0) is 6.42 Å². The van der Waals surface area contributed by atoms with Crippen LogP contribution in [-0.4, -0.2) is 49.1 Å². The van der Waals surface area contributed by atoms with Gasteiger partial charge in [-0.3, -0.25) is 9.59 Å². The molecule has 4 N–H and O–H groups in total. The fraction of sp³-hybridized carbons (Fsp3) is 0.808.